The van der Waals surface area contributed by atoms with Crippen LogP contribution in [0.2, 0.25) is 0 Å². The number of nitrogens with zero attached hydrogens (tertiary/aromatic N) is 1. The highest BCUT2D eigenvalue weighted by Gasteiger charge is 2.27. The Morgan fingerprint density at radius 2 is 2.25 bits per heavy atom. The van der Waals surface area contributed by atoms with E-state index < -0.39 is 0 Å². The van der Waals surface area contributed by atoms with Gasteiger partial charge in [0.2, 0.25) is 0 Å². The fourth-order valence-corrected chi connectivity index (χ4v) is 2.81. The summed E-state index contributed by atoms with van der Waals surface area (Å²) < 4.78 is 0. The first kappa shape index (κ1) is 9.70. The van der Waals surface area contributed by atoms with Crippen molar-refractivity contribution in [3.05, 3.63) is 28.7 Å². The van der Waals surface area contributed by atoms with E-state index in [0.29, 0.717) is 0 Å². The van der Waals surface area contributed by atoms with Gasteiger partial charge in [-0.25, -0.2) is 0 Å². The van der Waals surface area contributed by atoms with Crippen LogP contribution in [0.1, 0.15) is 41.4 Å². The first-order valence-corrected chi connectivity index (χ1v) is 5.90. The van der Waals surface area contributed by atoms with Crippen molar-refractivity contribution < 1.29 is 4.79 Å². The molecule has 0 aromatic carbocycles. The molecule has 2 heterocycles. The summed E-state index contributed by atoms with van der Waals surface area (Å²) >= 11 is 0. The van der Waals surface area contributed by atoms with Gasteiger partial charge in [0.05, 0.1) is 5.69 Å². The van der Waals surface area contributed by atoms with Crippen LogP contribution >= 0.6 is 0 Å². The second-order valence-electron chi connectivity index (χ2n) is 4.68. The van der Waals surface area contributed by atoms with E-state index in [-0.39, 0.29) is 6.04 Å². The summed E-state index contributed by atoms with van der Waals surface area (Å²) in [5.41, 5.74) is 5.15. The van der Waals surface area contributed by atoms with Crippen molar-refractivity contribution in [3.63, 3.8) is 0 Å². The summed E-state index contributed by atoms with van der Waals surface area (Å²) in [5.74, 6) is 0. The molecule has 3 rings (SSSR count). The summed E-state index contributed by atoms with van der Waals surface area (Å²) in [6.07, 6.45) is 9.97. The zero-order valence-corrected chi connectivity index (χ0v) is 9.49. The molecule has 3 heteroatoms. The van der Waals surface area contributed by atoms with Crippen LogP contribution in [0.15, 0.2) is 6.20 Å². The number of H-pyrrole nitrogens is 1. The van der Waals surface area contributed by atoms with Crippen molar-refractivity contribution in [1.29, 1.82) is 0 Å². The zero-order chi connectivity index (χ0) is 11.1. The largest absolute Gasteiger partial charge is 0.366 e. The average Bonchev–Trinajstić information content (AvgIpc) is 2.67. The minimum Gasteiger partial charge on any atom is -0.366 e. The lowest BCUT2D eigenvalue weighted by Gasteiger charge is -2.25. The van der Waals surface area contributed by atoms with Crippen molar-refractivity contribution in [2.45, 2.75) is 31.7 Å². The Morgan fingerprint density at radius 3 is 3.06 bits per heavy atom. The fourth-order valence-electron chi connectivity index (χ4n) is 2.81. The molecule has 1 aromatic rings. The third kappa shape index (κ3) is 1.24. The maximum absolute atomic E-state index is 11.2. The van der Waals surface area contributed by atoms with E-state index in [9.17, 15) is 4.79 Å². The first-order chi connectivity index (χ1) is 7.81. The highest BCUT2D eigenvalue weighted by atomic mass is 16.1. The molecule has 0 spiro atoms. The molecule has 1 aliphatic carbocycles. The Bertz CT molecular complexity index is 459. The van der Waals surface area contributed by atoms with E-state index in [1.165, 1.54) is 29.7 Å². The molecule has 0 radical (unpaired) electrons. The molecule has 1 aliphatic heterocycles. The third-order valence-electron chi connectivity index (χ3n) is 3.71. The van der Waals surface area contributed by atoms with Crippen LogP contribution in [0.4, 0.5) is 0 Å². The van der Waals surface area contributed by atoms with Crippen LogP contribution in [-0.2, 0) is 17.6 Å². The Labute approximate surface area is 95.1 Å². The maximum Gasteiger partial charge on any atom is 0.148 e. The summed E-state index contributed by atoms with van der Waals surface area (Å²) in [6, 6.07) is -0.134. The molecule has 84 valence electrons. The minimum atomic E-state index is -0.134. The van der Waals surface area contributed by atoms with Crippen LogP contribution in [-0.4, -0.2) is 23.2 Å². The number of hydrogen-bond donors (Lipinski definition) is 1. The molecule has 3 nitrogen and oxygen atoms in total. The second kappa shape index (κ2) is 3.51. The van der Waals surface area contributed by atoms with E-state index >= 15 is 0 Å². The van der Waals surface area contributed by atoms with Gasteiger partial charge in [-0.15, -0.1) is 0 Å². The maximum atomic E-state index is 11.2. The Kier molecular flexibility index (Phi) is 2.13. The molecule has 0 fully saturated rings. The molecular formula is C13H16N2O. The molecule has 1 atom stereocenters. The highest BCUT2D eigenvalue weighted by Crippen LogP contribution is 2.34. The smallest absolute Gasteiger partial charge is 0.148 e. The van der Waals surface area contributed by atoms with Gasteiger partial charge in [0.1, 0.15) is 12.3 Å². The summed E-state index contributed by atoms with van der Waals surface area (Å²) in [6.45, 7) is 0. The monoisotopic (exact) mass is 216 g/mol. The molecule has 2 aliphatic rings. The number of aromatic nitrogens is 1. The number of aryl methyl sites for hydroxylation is 1. The predicted octanol–water partition coefficient (Wildman–Crippen LogP) is 2.05. The number of nitrogens with one attached hydrogen (secondary N) is 1. The van der Waals surface area contributed by atoms with Crippen LogP contribution in [0, 0.1) is 0 Å². The van der Waals surface area contributed by atoms with Crippen LogP contribution in [0.5, 0.6) is 0 Å². The molecular weight excluding hydrogens is 200 g/mol. The zero-order valence-electron chi connectivity index (χ0n) is 9.49. The van der Waals surface area contributed by atoms with Gasteiger partial charge in [0, 0.05) is 24.5 Å². The van der Waals surface area contributed by atoms with Crippen molar-refractivity contribution in [2.75, 3.05) is 7.05 Å². The van der Waals surface area contributed by atoms with Crippen LogP contribution in [0.25, 0.3) is 6.08 Å². The van der Waals surface area contributed by atoms with Crippen molar-refractivity contribution in [3.8, 4) is 0 Å². The number of likely N-dealkylation sites (N-methyl/N-ethyl adjacent to an activating group) is 1. The van der Waals surface area contributed by atoms with Crippen molar-refractivity contribution in [2.24, 2.45) is 0 Å². The van der Waals surface area contributed by atoms with Gasteiger partial charge in [-0.2, -0.15) is 0 Å². The standard InChI is InChI=1S/C13H16N2O/c1-15-7-6-10-9-4-2-3-5-11(9)14-13(10)12(15)8-16/h6-8,12,14H,2-5H2,1H3. The van der Waals surface area contributed by atoms with Gasteiger partial charge < -0.3 is 14.7 Å². The predicted molar refractivity (Wildman–Crippen MR) is 63.0 cm³/mol. The molecule has 1 N–H and O–H groups in total. The second-order valence-corrected chi connectivity index (χ2v) is 4.68. The van der Waals surface area contributed by atoms with Crippen LogP contribution < -0.4 is 0 Å². The lowest BCUT2D eigenvalue weighted by Crippen LogP contribution is -2.23. The van der Waals surface area contributed by atoms with Gasteiger partial charge in [0.25, 0.3) is 0 Å². The number of aromatic amines is 1. The van der Waals surface area contributed by atoms with E-state index in [0.717, 1.165) is 24.8 Å². The SMILES string of the molecule is CN1C=Cc2c([nH]c3c2CCCC3)C1C=O. The van der Waals surface area contributed by atoms with E-state index in [1.807, 2.05) is 18.1 Å². The molecule has 0 amide bonds. The number of fused-ring (bicyclic) bond motifs is 3. The number of carbonyl (C=O) groups excluding carboxylic acids is 1. The van der Waals surface area contributed by atoms with E-state index in [4.69, 9.17) is 0 Å². The van der Waals surface area contributed by atoms with Gasteiger partial charge in [-0.3, -0.25) is 0 Å². The van der Waals surface area contributed by atoms with E-state index in [1.54, 1.807) is 0 Å². The van der Waals surface area contributed by atoms with Gasteiger partial charge in [-0.05, 0) is 37.3 Å². The summed E-state index contributed by atoms with van der Waals surface area (Å²) in [7, 11) is 1.94. The van der Waals surface area contributed by atoms with E-state index in [2.05, 4.69) is 11.1 Å². The number of carbonyl (C=O) groups is 1. The molecule has 16 heavy (non-hydrogen) atoms. The summed E-state index contributed by atoms with van der Waals surface area (Å²) in [5, 5.41) is 0. The lowest BCUT2D eigenvalue weighted by atomic mass is 9.93. The van der Waals surface area contributed by atoms with Crippen molar-refractivity contribution >= 4 is 12.4 Å². The van der Waals surface area contributed by atoms with Gasteiger partial charge >= 0.3 is 0 Å². The Hall–Kier alpha value is -1.51. The Morgan fingerprint density at radius 1 is 1.44 bits per heavy atom. The highest BCUT2D eigenvalue weighted by molar-refractivity contribution is 5.71. The molecule has 0 saturated carbocycles. The Balaban J connectivity index is 2.14. The third-order valence-corrected chi connectivity index (χ3v) is 3.71. The minimum absolute atomic E-state index is 0.134. The summed E-state index contributed by atoms with van der Waals surface area (Å²) in [4.78, 5) is 16.6. The number of rotatable bonds is 1. The van der Waals surface area contributed by atoms with Crippen molar-refractivity contribution in [1.82, 2.24) is 9.88 Å². The molecule has 1 unspecified atom stereocenters. The molecule has 1 aromatic heterocycles. The lowest BCUT2D eigenvalue weighted by molar-refractivity contribution is -0.111. The fraction of sp³-hybridized carbons (Fsp3) is 0.462. The van der Waals surface area contributed by atoms with Gasteiger partial charge in [-0.1, -0.05) is 0 Å². The molecule has 0 bridgehead atoms. The molecule has 0 saturated heterocycles. The van der Waals surface area contributed by atoms with Crippen LogP contribution in [0.3, 0.4) is 0 Å². The number of aldehydes is 1. The normalized spacial score (nSPS) is 22.8. The van der Waals surface area contributed by atoms with Gasteiger partial charge in [0.15, 0.2) is 0 Å². The quantitative estimate of drug-likeness (QED) is 0.729. The number of hydrogen-bond acceptors (Lipinski definition) is 2. The average molecular weight is 216 g/mol. The first-order valence-electron chi connectivity index (χ1n) is 5.90. The topological polar surface area (TPSA) is 36.1 Å².